The molecule has 0 unspecified atom stereocenters. The molecule has 0 heterocycles. The lowest BCUT2D eigenvalue weighted by atomic mass is 10.1. The van der Waals surface area contributed by atoms with Crippen LogP contribution in [-0.2, 0) is 9.59 Å². The van der Waals surface area contributed by atoms with E-state index in [-0.39, 0.29) is 5.91 Å². The zero-order valence-electron chi connectivity index (χ0n) is 12.5. The Bertz CT molecular complexity index is 283. The van der Waals surface area contributed by atoms with Crippen LogP contribution in [0.4, 0.5) is 0 Å². The van der Waals surface area contributed by atoms with E-state index >= 15 is 0 Å². The van der Waals surface area contributed by atoms with Crippen LogP contribution >= 0.6 is 0 Å². The van der Waals surface area contributed by atoms with Gasteiger partial charge in [0.15, 0.2) is 0 Å². The first-order valence-corrected chi connectivity index (χ1v) is 7.54. The number of carbonyl (C=O) groups is 2. The van der Waals surface area contributed by atoms with Crippen molar-refractivity contribution < 1.29 is 9.59 Å². The summed E-state index contributed by atoms with van der Waals surface area (Å²) in [5.74, 6) is 0.401. The van der Waals surface area contributed by atoms with Crippen LogP contribution in [0.25, 0.3) is 0 Å². The van der Waals surface area contributed by atoms with Gasteiger partial charge in [-0.1, -0.05) is 19.8 Å². The number of nitrogens with one attached hydrogen (secondary N) is 2. The zero-order valence-corrected chi connectivity index (χ0v) is 12.5. The van der Waals surface area contributed by atoms with Crippen molar-refractivity contribution in [3.8, 4) is 0 Å². The van der Waals surface area contributed by atoms with Crippen molar-refractivity contribution in [2.75, 3.05) is 13.1 Å². The standard InChI is InChI=1S/C14H27N3O3/c1-2-13(18)9-5-3-4-6-10-14(19)15-11-7-8-12-16-17-20/h2-12H2,1H3,(H,15,19)(H,16,20). The quantitative estimate of drug-likeness (QED) is 0.291. The van der Waals surface area contributed by atoms with E-state index in [1.54, 1.807) is 0 Å². The van der Waals surface area contributed by atoms with Crippen LogP contribution < -0.4 is 10.7 Å². The summed E-state index contributed by atoms with van der Waals surface area (Å²) >= 11 is 0. The van der Waals surface area contributed by atoms with Crippen molar-refractivity contribution in [1.82, 2.24) is 10.7 Å². The van der Waals surface area contributed by atoms with Gasteiger partial charge in [-0.05, 0) is 25.7 Å². The Hall–Kier alpha value is -1.46. The topological polar surface area (TPSA) is 87.6 Å². The Morgan fingerprint density at radius 3 is 2.20 bits per heavy atom. The summed E-state index contributed by atoms with van der Waals surface area (Å²) in [6.45, 7) is 3.08. The van der Waals surface area contributed by atoms with Crippen LogP contribution in [0.1, 0.15) is 64.7 Å². The minimum Gasteiger partial charge on any atom is -0.356 e. The second-order valence-corrected chi connectivity index (χ2v) is 4.86. The number of hydrogen-bond donors (Lipinski definition) is 2. The third-order valence-electron chi connectivity index (χ3n) is 3.11. The number of amides is 1. The molecule has 0 aliphatic heterocycles. The van der Waals surface area contributed by atoms with Crippen LogP contribution in [0.3, 0.4) is 0 Å². The molecule has 20 heavy (non-hydrogen) atoms. The molecule has 0 radical (unpaired) electrons. The maximum Gasteiger partial charge on any atom is 0.219 e. The van der Waals surface area contributed by atoms with Crippen molar-refractivity contribution in [2.24, 2.45) is 5.29 Å². The molecule has 0 bridgehead atoms. The van der Waals surface area contributed by atoms with Gasteiger partial charge >= 0.3 is 0 Å². The van der Waals surface area contributed by atoms with Gasteiger partial charge in [-0.15, -0.1) is 4.91 Å². The maximum atomic E-state index is 11.5. The minimum absolute atomic E-state index is 0.0797. The van der Waals surface area contributed by atoms with Crippen LogP contribution in [0.15, 0.2) is 5.29 Å². The fourth-order valence-corrected chi connectivity index (χ4v) is 1.83. The lowest BCUT2D eigenvalue weighted by molar-refractivity contribution is -0.121. The van der Waals surface area contributed by atoms with E-state index in [9.17, 15) is 14.5 Å². The molecule has 0 aliphatic rings. The molecule has 0 saturated carbocycles. The first-order valence-electron chi connectivity index (χ1n) is 7.54. The molecule has 1 amide bonds. The molecule has 0 atom stereocenters. The van der Waals surface area contributed by atoms with Crippen molar-refractivity contribution in [3.63, 3.8) is 0 Å². The molecule has 2 N–H and O–H groups in total. The Morgan fingerprint density at radius 2 is 1.55 bits per heavy atom. The average Bonchev–Trinajstić information content (AvgIpc) is 2.46. The molecule has 116 valence electrons. The highest BCUT2D eigenvalue weighted by atomic mass is 16.3. The predicted molar refractivity (Wildman–Crippen MR) is 79.0 cm³/mol. The largest absolute Gasteiger partial charge is 0.356 e. The highest BCUT2D eigenvalue weighted by molar-refractivity contribution is 5.77. The number of carbonyl (C=O) groups excluding carboxylic acids is 2. The van der Waals surface area contributed by atoms with Crippen molar-refractivity contribution in [1.29, 1.82) is 0 Å². The number of nitrogens with zero attached hydrogens (tertiary/aromatic N) is 1. The Kier molecular flexibility index (Phi) is 12.9. The van der Waals surface area contributed by atoms with Gasteiger partial charge in [-0.25, -0.2) is 0 Å². The van der Waals surface area contributed by atoms with Gasteiger partial charge in [0.2, 0.25) is 5.91 Å². The zero-order chi connectivity index (χ0) is 15.1. The van der Waals surface area contributed by atoms with Crippen molar-refractivity contribution >= 4 is 11.7 Å². The first-order chi connectivity index (χ1) is 9.70. The molecule has 6 nitrogen and oxygen atoms in total. The van der Waals surface area contributed by atoms with Gasteiger partial charge in [0.05, 0.1) is 0 Å². The normalized spacial score (nSPS) is 10.1. The second kappa shape index (κ2) is 14.0. The summed E-state index contributed by atoms with van der Waals surface area (Å²) in [5.41, 5.74) is 2.34. The summed E-state index contributed by atoms with van der Waals surface area (Å²) in [7, 11) is 0. The number of Topliss-reactive ketones (excluding diaryl/α,β-unsaturated/α-hetero) is 1. The third kappa shape index (κ3) is 13.0. The van der Waals surface area contributed by atoms with Crippen molar-refractivity contribution in [2.45, 2.75) is 64.7 Å². The van der Waals surface area contributed by atoms with E-state index in [2.05, 4.69) is 16.0 Å². The summed E-state index contributed by atoms with van der Waals surface area (Å²) in [6.07, 6.45) is 7.34. The number of hydrogen-bond acceptors (Lipinski definition) is 4. The average molecular weight is 285 g/mol. The van der Waals surface area contributed by atoms with Crippen molar-refractivity contribution in [3.05, 3.63) is 4.91 Å². The molecule has 6 heteroatoms. The maximum absolute atomic E-state index is 11.5. The second-order valence-electron chi connectivity index (χ2n) is 4.86. The number of nitroso groups, excluding NO2 is 1. The van der Waals surface area contributed by atoms with Gasteiger partial charge in [0.25, 0.3) is 0 Å². The van der Waals surface area contributed by atoms with Crippen LogP contribution in [-0.4, -0.2) is 24.8 Å². The van der Waals surface area contributed by atoms with Crippen LogP contribution in [0.5, 0.6) is 0 Å². The van der Waals surface area contributed by atoms with Crippen LogP contribution in [0, 0.1) is 4.91 Å². The highest BCUT2D eigenvalue weighted by Gasteiger charge is 2.01. The molecule has 0 fully saturated rings. The van der Waals surface area contributed by atoms with E-state index in [0.29, 0.717) is 38.1 Å². The molecule has 0 aliphatic carbocycles. The summed E-state index contributed by atoms with van der Waals surface area (Å²) in [6, 6.07) is 0. The first kappa shape index (κ1) is 18.5. The molecule has 0 aromatic carbocycles. The Labute approximate surface area is 121 Å². The lowest BCUT2D eigenvalue weighted by Gasteiger charge is -2.05. The predicted octanol–water partition coefficient (Wildman–Crippen LogP) is 2.47. The molecule has 0 aromatic heterocycles. The highest BCUT2D eigenvalue weighted by Crippen LogP contribution is 2.06. The molecule has 0 aromatic rings. The smallest absolute Gasteiger partial charge is 0.219 e. The minimum atomic E-state index is 0.0797. The molecule has 0 spiro atoms. The molecule has 0 rings (SSSR count). The monoisotopic (exact) mass is 285 g/mol. The summed E-state index contributed by atoms with van der Waals surface area (Å²) in [5, 5.41) is 5.39. The number of ketones is 1. The SMILES string of the molecule is CCC(=O)CCCCCCC(=O)NCCCCNN=O. The Morgan fingerprint density at radius 1 is 0.900 bits per heavy atom. The van der Waals surface area contributed by atoms with Crippen LogP contribution in [0.2, 0.25) is 0 Å². The van der Waals surface area contributed by atoms with Gasteiger partial charge in [-0.3, -0.25) is 15.0 Å². The fourth-order valence-electron chi connectivity index (χ4n) is 1.83. The molecular weight excluding hydrogens is 258 g/mol. The molecular formula is C14H27N3O3. The van der Waals surface area contributed by atoms with Gasteiger partial charge in [0, 0.05) is 37.6 Å². The van der Waals surface area contributed by atoms with E-state index in [1.165, 1.54) is 0 Å². The van der Waals surface area contributed by atoms with Gasteiger partial charge in [-0.2, -0.15) is 0 Å². The molecule has 0 saturated heterocycles. The third-order valence-corrected chi connectivity index (χ3v) is 3.11. The van der Waals surface area contributed by atoms with Gasteiger partial charge in [0.1, 0.15) is 5.78 Å². The number of unbranched alkanes of at least 4 members (excludes halogenated alkanes) is 4. The fraction of sp³-hybridized carbons (Fsp3) is 0.857. The lowest BCUT2D eigenvalue weighted by Crippen LogP contribution is -2.24. The number of rotatable bonds is 14. The van der Waals surface area contributed by atoms with E-state index in [4.69, 9.17) is 0 Å². The van der Waals surface area contributed by atoms with E-state index < -0.39 is 0 Å². The summed E-state index contributed by atoms with van der Waals surface area (Å²) < 4.78 is 0. The van der Waals surface area contributed by atoms with E-state index in [0.717, 1.165) is 38.5 Å². The van der Waals surface area contributed by atoms with E-state index in [1.807, 2.05) is 6.92 Å². The summed E-state index contributed by atoms with van der Waals surface area (Å²) in [4.78, 5) is 32.3. The van der Waals surface area contributed by atoms with Gasteiger partial charge < -0.3 is 5.32 Å². The Balaban J connectivity index is 3.24.